The summed E-state index contributed by atoms with van der Waals surface area (Å²) in [6.45, 7) is 0.518. The van der Waals surface area contributed by atoms with Crippen LogP contribution < -0.4 is 11.1 Å². The Hall–Kier alpha value is -2.39. The first-order valence-corrected chi connectivity index (χ1v) is 6.73. The number of nitrogens with two attached hydrogens (primary N) is 1. The maximum absolute atomic E-state index is 5.95. The second kappa shape index (κ2) is 5.72. The third-order valence-corrected chi connectivity index (χ3v) is 3.42. The van der Waals surface area contributed by atoms with Gasteiger partial charge in [0.25, 0.3) is 0 Å². The average Bonchev–Trinajstić information content (AvgIpc) is 2.53. The van der Waals surface area contributed by atoms with Crippen LogP contribution in [0.5, 0.6) is 0 Å². The number of hydrogen-bond acceptors (Lipinski definition) is 3. The third-order valence-electron chi connectivity index (χ3n) is 3.42. The summed E-state index contributed by atoms with van der Waals surface area (Å²) in [5, 5.41) is 5.81. The van der Waals surface area contributed by atoms with Crippen molar-refractivity contribution in [1.82, 2.24) is 4.98 Å². The predicted molar refractivity (Wildman–Crippen MR) is 83.6 cm³/mol. The number of nitrogens with zero attached hydrogens (tertiary/aromatic N) is 1. The van der Waals surface area contributed by atoms with Gasteiger partial charge in [-0.2, -0.15) is 0 Å². The number of fused-ring (bicyclic) bond motifs is 1. The van der Waals surface area contributed by atoms with Gasteiger partial charge >= 0.3 is 0 Å². The highest BCUT2D eigenvalue weighted by atomic mass is 14.9. The molecule has 3 nitrogen and oxygen atoms in total. The first kappa shape index (κ1) is 12.6. The lowest BCUT2D eigenvalue weighted by molar-refractivity contribution is 0.792. The van der Waals surface area contributed by atoms with E-state index in [4.69, 9.17) is 5.73 Å². The number of anilines is 1. The van der Waals surface area contributed by atoms with Crippen molar-refractivity contribution in [2.75, 3.05) is 11.9 Å². The summed E-state index contributed by atoms with van der Waals surface area (Å²) in [6, 6.07) is 18.4. The Labute approximate surface area is 118 Å². The molecule has 0 fully saturated rings. The van der Waals surface area contributed by atoms with Crippen molar-refractivity contribution in [1.29, 1.82) is 0 Å². The topological polar surface area (TPSA) is 50.9 Å². The van der Waals surface area contributed by atoms with Gasteiger partial charge in [0.1, 0.15) is 0 Å². The van der Waals surface area contributed by atoms with E-state index in [2.05, 4.69) is 22.4 Å². The van der Waals surface area contributed by atoms with Gasteiger partial charge in [-0.15, -0.1) is 0 Å². The van der Waals surface area contributed by atoms with Crippen LogP contribution in [0.3, 0.4) is 0 Å². The fraction of sp³-hybridized carbons (Fsp3) is 0.118. The molecule has 3 N–H and O–H groups in total. The standard InChI is InChI=1S/C17H17N3/c18-10-17(20-14-7-2-1-3-8-14)16-12-19-11-13-6-4-5-9-15(13)16/h1-9,11-12,17,20H,10,18H2. The van der Waals surface area contributed by atoms with Gasteiger partial charge in [-0.3, -0.25) is 4.98 Å². The third kappa shape index (κ3) is 2.49. The van der Waals surface area contributed by atoms with Crippen LogP contribution in [0.4, 0.5) is 5.69 Å². The van der Waals surface area contributed by atoms with Crippen molar-refractivity contribution in [3.05, 3.63) is 72.6 Å². The van der Waals surface area contributed by atoms with Gasteiger partial charge in [-0.1, -0.05) is 42.5 Å². The largest absolute Gasteiger partial charge is 0.377 e. The van der Waals surface area contributed by atoms with Gasteiger partial charge in [0.05, 0.1) is 6.04 Å². The van der Waals surface area contributed by atoms with Crippen LogP contribution in [0.1, 0.15) is 11.6 Å². The molecular weight excluding hydrogens is 246 g/mol. The van der Waals surface area contributed by atoms with E-state index in [0.29, 0.717) is 6.54 Å². The van der Waals surface area contributed by atoms with Crippen LogP contribution >= 0.6 is 0 Å². The fourth-order valence-electron chi connectivity index (χ4n) is 2.42. The number of hydrogen-bond donors (Lipinski definition) is 2. The number of nitrogens with one attached hydrogen (secondary N) is 1. The second-order valence-electron chi connectivity index (χ2n) is 4.75. The fourth-order valence-corrected chi connectivity index (χ4v) is 2.42. The first-order valence-electron chi connectivity index (χ1n) is 6.73. The molecule has 3 heteroatoms. The smallest absolute Gasteiger partial charge is 0.0657 e. The Morgan fingerprint density at radius 1 is 0.950 bits per heavy atom. The van der Waals surface area contributed by atoms with Gasteiger partial charge in [-0.05, 0) is 17.5 Å². The lowest BCUT2D eigenvalue weighted by atomic mass is 10.0. The minimum absolute atomic E-state index is 0.0519. The van der Waals surface area contributed by atoms with E-state index in [1.807, 2.05) is 54.9 Å². The Morgan fingerprint density at radius 3 is 2.50 bits per heavy atom. The van der Waals surface area contributed by atoms with E-state index >= 15 is 0 Å². The van der Waals surface area contributed by atoms with E-state index < -0.39 is 0 Å². The average molecular weight is 263 g/mol. The molecule has 2 aromatic carbocycles. The van der Waals surface area contributed by atoms with Crippen LogP contribution in [-0.4, -0.2) is 11.5 Å². The second-order valence-corrected chi connectivity index (χ2v) is 4.75. The molecule has 1 atom stereocenters. The van der Waals surface area contributed by atoms with Crippen LogP contribution in [0.25, 0.3) is 10.8 Å². The van der Waals surface area contributed by atoms with Gasteiger partial charge in [0, 0.05) is 35.6 Å². The molecule has 0 saturated carbocycles. The molecule has 0 saturated heterocycles. The highest BCUT2D eigenvalue weighted by Crippen LogP contribution is 2.25. The number of para-hydroxylation sites is 1. The molecule has 1 heterocycles. The molecule has 3 aromatic rings. The monoisotopic (exact) mass is 263 g/mol. The molecule has 0 bridgehead atoms. The first-order chi connectivity index (χ1) is 9.88. The molecule has 0 amide bonds. The quantitative estimate of drug-likeness (QED) is 0.759. The number of benzene rings is 2. The summed E-state index contributed by atoms with van der Waals surface area (Å²) in [5.74, 6) is 0. The predicted octanol–water partition coefficient (Wildman–Crippen LogP) is 3.35. The van der Waals surface area contributed by atoms with Gasteiger partial charge in [0.15, 0.2) is 0 Å². The van der Waals surface area contributed by atoms with Crippen molar-refractivity contribution < 1.29 is 0 Å². The zero-order chi connectivity index (χ0) is 13.8. The van der Waals surface area contributed by atoms with Gasteiger partial charge in [0.2, 0.25) is 0 Å². The normalized spacial score (nSPS) is 12.2. The van der Waals surface area contributed by atoms with Gasteiger partial charge in [-0.25, -0.2) is 0 Å². The summed E-state index contributed by atoms with van der Waals surface area (Å²) in [7, 11) is 0. The Balaban J connectivity index is 1.99. The summed E-state index contributed by atoms with van der Waals surface area (Å²) in [6.07, 6.45) is 3.78. The maximum atomic E-state index is 5.95. The maximum Gasteiger partial charge on any atom is 0.0657 e. The van der Waals surface area contributed by atoms with Crippen molar-refractivity contribution in [2.24, 2.45) is 5.73 Å². The number of rotatable bonds is 4. The van der Waals surface area contributed by atoms with Crippen molar-refractivity contribution in [3.8, 4) is 0 Å². The summed E-state index contributed by atoms with van der Waals surface area (Å²) < 4.78 is 0. The van der Waals surface area contributed by atoms with Crippen LogP contribution in [-0.2, 0) is 0 Å². The molecule has 0 aliphatic heterocycles. The molecule has 100 valence electrons. The summed E-state index contributed by atoms with van der Waals surface area (Å²) in [5.41, 5.74) is 8.15. The molecule has 1 aromatic heterocycles. The molecule has 0 spiro atoms. The summed E-state index contributed by atoms with van der Waals surface area (Å²) >= 11 is 0. The zero-order valence-electron chi connectivity index (χ0n) is 11.2. The van der Waals surface area contributed by atoms with Crippen LogP contribution in [0, 0.1) is 0 Å². The van der Waals surface area contributed by atoms with E-state index in [9.17, 15) is 0 Å². The highest BCUT2D eigenvalue weighted by molar-refractivity contribution is 5.85. The lowest BCUT2D eigenvalue weighted by Crippen LogP contribution is -2.21. The minimum atomic E-state index is 0.0519. The van der Waals surface area contributed by atoms with Crippen LogP contribution in [0.2, 0.25) is 0 Å². The zero-order valence-corrected chi connectivity index (χ0v) is 11.2. The molecule has 1 unspecified atom stereocenters. The highest BCUT2D eigenvalue weighted by Gasteiger charge is 2.12. The molecule has 3 rings (SSSR count). The Morgan fingerprint density at radius 2 is 1.70 bits per heavy atom. The SMILES string of the molecule is NCC(Nc1ccccc1)c1cncc2ccccc12. The Kier molecular flexibility index (Phi) is 3.61. The van der Waals surface area contributed by atoms with E-state index in [0.717, 1.165) is 16.6 Å². The molecular formula is C17H17N3. The molecule has 20 heavy (non-hydrogen) atoms. The van der Waals surface area contributed by atoms with E-state index in [1.165, 1.54) is 5.39 Å². The Bertz CT molecular complexity index is 689. The number of aromatic nitrogens is 1. The number of pyridine rings is 1. The van der Waals surface area contributed by atoms with Crippen LogP contribution in [0.15, 0.2) is 67.0 Å². The molecule has 0 aliphatic carbocycles. The summed E-state index contributed by atoms with van der Waals surface area (Å²) in [4.78, 5) is 4.33. The van der Waals surface area contributed by atoms with Crippen molar-refractivity contribution in [2.45, 2.75) is 6.04 Å². The molecule has 0 aliphatic rings. The van der Waals surface area contributed by atoms with Gasteiger partial charge < -0.3 is 11.1 Å². The van der Waals surface area contributed by atoms with E-state index in [1.54, 1.807) is 0 Å². The lowest BCUT2D eigenvalue weighted by Gasteiger charge is -2.20. The van der Waals surface area contributed by atoms with Crippen molar-refractivity contribution in [3.63, 3.8) is 0 Å². The van der Waals surface area contributed by atoms with Crippen molar-refractivity contribution >= 4 is 16.5 Å². The molecule has 0 radical (unpaired) electrons. The van der Waals surface area contributed by atoms with E-state index in [-0.39, 0.29) is 6.04 Å². The minimum Gasteiger partial charge on any atom is -0.377 e.